The van der Waals surface area contributed by atoms with Gasteiger partial charge in [0.2, 0.25) is 0 Å². The highest BCUT2D eigenvalue weighted by molar-refractivity contribution is 7.20. The van der Waals surface area contributed by atoms with Crippen molar-refractivity contribution in [3.05, 3.63) is 74.6 Å². The van der Waals surface area contributed by atoms with Crippen molar-refractivity contribution in [2.24, 2.45) is 0 Å². The summed E-state index contributed by atoms with van der Waals surface area (Å²) in [6, 6.07) is 14.3. The van der Waals surface area contributed by atoms with Crippen LogP contribution in [0.4, 0.5) is 5.82 Å². The first kappa shape index (κ1) is 19.5. The third-order valence-corrected chi connectivity index (χ3v) is 6.55. The fourth-order valence-corrected chi connectivity index (χ4v) is 4.88. The molecule has 0 bridgehead atoms. The number of carbonyl (C=O) groups is 1. The van der Waals surface area contributed by atoms with Crippen molar-refractivity contribution in [3.63, 3.8) is 0 Å². The minimum Gasteiger partial charge on any atom is -0.462 e. The van der Waals surface area contributed by atoms with Gasteiger partial charge in [-0.05, 0) is 36.4 Å². The van der Waals surface area contributed by atoms with Crippen molar-refractivity contribution >= 4 is 44.7 Å². The minimum absolute atomic E-state index is 0.304. The quantitative estimate of drug-likeness (QED) is 0.401. The molecule has 148 valence electrons. The molecule has 29 heavy (non-hydrogen) atoms. The first-order valence-corrected chi connectivity index (χ1v) is 11.1. The van der Waals surface area contributed by atoms with Crippen molar-refractivity contribution < 1.29 is 9.53 Å². The maximum absolute atomic E-state index is 12.4. The lowest BCUT2D eigenvalue weighted by molar-refractivity contribution is 0.0531. The average Bonchev–Trinajstić information content (AvgIpc) is 3.35. The molecule has 0 saturated heterocycles. The molecule has 0 spiro atoms. The van der Waals surface area contributed by atoms with Crippen molar-refractivity contribution in [1.29, 1.82) is 0 Å². The molecule has 0 unspecified atom stereocenters. The summed E-state index contributed by atoms with van der Waals surface area (Å²) in [6.45, 7) is 4.77. The van der Waals surface area contributed by atoms with E-state index in [1.54, 1.807) is 11.3 Å². The van der Waals surface area contributed by atoms with Crippen LogP contribution in [0.25, 0.3) is 10.2 Å². The lowest BCUT2D eigenvalue weighted by Gasteiger charge is -2.09. The Balaban J connectivity index is 1.75. The summed E-state index contributed by atoms with van der Waals surface area (Å²) in [5.41, 5.74) is 2.01. The molecule has 0 saturated carbocycles. The van der Waals surface area contributed by atoms with E-state index in [1.807, 2.05) is 38.1 Å². The number of nitrogens with one attached hydrogen (secondary N) is 1. The number of carbonyl (C=O) groups excluding carboxylic acids is 1. The normalized spacial score (nSPS) is 11.0. The average molecular weight is 424 g/mol. The van der Waals surface area contributed by atoms with Crippen LogP contribution in [-0.4, -0.2) is 22.5 Å². The monoisotopic (exact) mass is 423 g/mol. The molecular weight excluding hydrogens is 402 g/mol. The Kier molecular flexibility index (Phi) is 5.87. The minimum atomic E-state index is -0.304. The number of nitrogens with zero attached hydrogens (tertiary/aromatic N) is 2. The maximum Gasteiger partial charge on any atom is 0.348 e. The summed E-state index contributed by atoms with van der Waals surface area (Å²) < 4.78 is 5.23. The van der Waals surface area contributed by atoms with Crippen LogP contribution in [0.1, 0.15) is 38.4 Å². The molecular formula is C22H21N3O2S2. The van der Waals surface area contributed by atoms with Gasteiger partial charge in [-0.15, -0.1) is 22.7 Å². The van der Waals surface area contributed by atoms with E-state index in [9.17, 15) is 4.79 Å². The van der Waals surface area contributed by atoms with E-state index in [0.29, 0.717) is 24.4 Å². The lowest BCUT2D eigenvalue weighted by atomic mass is 10.1. The second-order valence-corrected chi connectivity index (χ2v) is 8.57. The number of esters is 1. The van der Waals surface area contributed by atoms with Crippen molar-refractivity contribution in [2.75, 3.05) is 11.9 Å². The largest absolute Gasteiger partial charge is 0.462 e. The van der Waals surface area contributed by atoms with Crippen LogP contribution in [0.2, 0.25) is 0 Å². The molecule has 1 aromatic carbocycles. The molecule has 4 rings (SSSR count). The first-order chi connectivity index (χ1) is 14.2. The zero-order valence-corrected chi connectivity index (χ0v) is 17.9. The number of thiophene rings is 2. The predicted octanol–water partition coefficient (Wildman–Crippen LogP) is 5.44. The van der Waals surface area contributed by atoms with Crippen LogP contribution < -0.4 is 5.32 Å². The highest BCUT2D eigenvalue weighted by atomic mass is 32.1. The molecule has 0 radical (unpaired) electrons. The van der Waals surface area contributed by atoms with Crippen LogP contribution in [0.3, 0.4) is 0 Å². The van der Waals surface area contributed by atoms with Gasteiger partial charge in [0.1, 0.15) is 21.3 Å². The SMILES string of the molecule is CCOC(=O)c1sc2nc(Cc3ccccc3)nc(NCc3cccs3)c2c1C. The van der Waals surface area contributed by atoms with Crippen LogP contribution in [0, 0.1) is 6.92 Å². The Morgan fingerprint density at radius 1 is 1.14 bits per heavy atom. The van der Waals surface area contributed by atoms with Gasteiger partial charge in [0.25, 0.3) is 0 Å². The summed E-state index contributed by atoms with van der Waals surface area (Å²) in [7, 11) is 0. The van der Waals surface area contributed by atoms with Gasteiger partial charge in [-0.2, -0.15) is 0 Å². The lowest BCUT2D eigenvalue weighted by Crippen LogP contribution is -2.06. The summed E-state index contributed by atoms with van der Waals surface area (Å²) in [6.07, 6.45) is 0.635. The molecule has 0 atom stereocenters. The number of benzene rings is 1. The predicted molar refractivity (Wildman–Crippen MR) is 119 cm³/mol. The van der Waals surface area contributed by atoms with E-state index >= 15 is 0 Å². The Morgan fingerprint density at radius 3 is 2.69 bits per heavy atom. The van der Waals surface area contributed by atoms with E-state index in [2.05, 4.69) is 28.9 Å². The van der Waals surface area contributed by atoms with E-state index < -0.39 is 0 Å². The van der Waals surface area contributed by atoms with Gasteiger partial charge in [-0.3, -0.25) is 0 Å². The second kappa shape index (κ2) is 8.71. The number of hydrogen-bond donors (Lipinski definition) is 1. The number of anilines is 1. The number of hydrogen-bond acceptors (Lipinski definition) is 7. The zero-order valence-electron chi connectivity index (χ0n) is 16.3. The molecule has 0 fully saturated rings. The standard InChI is InChI=1S/C22H21N3O2S2/c1-3-27-22(26)19-14(2)18-20(23-13-16-10-7-11-28-16)24-17(25-21(18)29-19)12-15-8-5-4-6-9-15/h4-11H,3,12-13H2,1-2H3,(H,23,24,25). The van der Waals surface area contributed by atoms with Crippen LogP contribution in [0.15, 0.2) is 47.8 Å². The third-order valence-electron chi connectivity index (χ3n) is 4.51. The number of rotatable bonds is 7. The van der Waals surface area contributed by atoms with Gasteiger partial charge in [0, 0.05) is 11.3 Å². The Hall–Kier alpha value is -2.77. The molecule has 3 heterocycles. The second-order valence-electron chi connectivity index (χ2n) is 6.54. The maximum atomic E-state index is 12.4. The molecule has 0 aliphatic carbocycles. The summed E-state index contributed by atoms with van der Waals surface area (Å²) in [5.74, 6) is 1.19. The van der Waals surface area contributed by atoms with Crippen LogP contribution in [0.5, 0.6) is 0 Å². The number of fused-ring (bicyclic) bond motifs is 1. The van der Waals surface area contributed by atoms with Gasteiger partial charge >= 0.3 is 5.97 Å². The van der Waals surface area contributed by atoms with Crippen LogP contribution >= 0.6 is 22.7 Å². The molecule has 0 aliphatic rings. The van der Waals surface area contributed by atoms with Crippen molar-refractivity contribution in [3.8, 4) is 0 Å². The fourth-order valence-electron chi connectivity index (χ4n) is 3.14. The molecule has 7 heteroatoms. The van der Waals surface area contributed by atoms with Gasteiger partial charge in [-0.25, -0.2) is 14.8 Å². The molecule has 5 nitrogen and oxygen atoms in total. The van der Waals surface area contributed by atoms with Crippen molar-refractivity contribution in [2.45, 2.75) is 26.8 Å². The highest BCUT2D eigenvalue weighted by Gasteiger charge is 2.21. The number of aromatic nitrogens is 2. The van der Waals surface area contributed by atoms with Gasteiger partial charge in [0.15, 0.2) is 0 Å². The van der Waals surface area contributed by atoms with Crippen molar-refractivity contribution in [1.82, 2.24) is 9.97 Å². The molecule has 0 amide bonds. The van der Waals surface area contributed by atoms with Gasteiger partial charge < -0.3 is 10.1 Å². The summed E-state index contributed by atoms with van der Waals surface area (Å²) >= 11 is 3.07. The first-order valence-electron chi connectivity index (χ1n) is 9.43. The van der Waals surface area contributed by atoms with E-state index in [0.717, 1.165) is 33.0 Å². The number of aryl methyl sites for hydroxylation is 1. The Morgan fingerprint density at radius 2 is 1.97 bits per heavy atom. The topological polar surface area (TPSA) is 64.1 Å². The summed E-state index contributed by atoms with van der Waals surface area (Å²) in [4.78, 5) is 24.6. The highest BCUT2D eigenvalue weighted by Crippen LogP contribution is 2.35. The zero-order chi connectivity index (χ0) is 20.2. The van der Waals surface area contributed by atoms with E-state index in [4.69, 9.17) is 14.7 Å². The molecule has 1 N–H and O–H groups in total. The Labute approximate surface area is 177 Å². The molecule has 4 aromatic rings. The van der Waals surface area contributed by atoms with E-state index in [-0.39, 0.29) is 5.97 Å². The smallest absolute Gasteiger partial charge is 0.348 e. The molecule has 0 aliphatic heterocycles. The third kappa shape index (κ3) is 4.31. The molecule has 3 aromatic heterocycles. The van der Waals surface area contributed by atoms with E-state index in [1.165, 1.54) is 16.2 Å². The van der Waals surface area contributed by atoms with Crippen LogP contribution in [-0.2, 0) is 17.7 Å². The summed E-state index contributed by atoms with van der Waals surface area (Å²) in [5, 5.41) is 6.41. The van der Waals surface area contributed by atoms with Gasteiger partial charge in [0.05, 0.1) is 18.5 Å². The Bertz CT molecular complexity index is 1120. The fraction of sp³-hybridized carbons (Fsp3) is 0.227. The number of ether oxygens (including phenoxy) is 1. The van der Waals surface area contributed by atoms with Gasteiger partial charge in [-0.1, -0.05) is 36.4 Å².